The van der Waals surface area contributed by atoms with Crippen molar-refractivity contribution in [3.05, 3.63) is 74.4 Å². The van der Waals surface area contributed by atoms with Gasteiger partial charge in [-0.3, -0.25) is 24.3 Å². The van der Waals surface area contributed by atoms with Crippen molar-refractivity contribution in [2.24, 2.45) is 0 Å². The summed E-state index contributed by atoms with van der Waals surface area (Å²) in [6.45, 7) is 4.44. The summed E-state index contributed by atoms with van der Waals surface area (Å²) in [6.07, 6.45) is 4.56. The Hall–Kier alpha value is -4.48. The van der Waals surface area contributed by atoms with Gasteiger partial charge in [0, 0.05) is 87.4 Å². The molecule has 230 valence electrons. The SMILES string of the molecule is Cc1sc2ncn(CC(=O)N3CCN(c4ccc([N+](=O)[O-])cc4)CC3)c(=O)c2c1S(=O)(=O)N1CCN(c2ncccn2)CC1. The summed E-state index contributed by atoms with van der Waals surface area (Å²) < 4.78 is 30.2. The van der Waals surface area contributed by atoms with Gasteiger partial charge in [-0.15, -0.1) is 11.3 Å². The zero-order valence-corrected chi connectivity index (χ0v) is 25.4. The van der Waals surface area contributed by atoms with Crippen molar-refractivity contribution in [3.63, 3.8) is 0 Å². The van der Waals surface area contributed by atoms with Crippen LogP contribution in [-0.2, 0) is 21.4 Å². The van der Waals surface area contributed by atoms with E-state index in [0.717, 1.165) is 17.0 Å². The van der Waals surface area contributed by atoms with Crippen molar-refractivity contribution in [1.29, 1.82) is 0 Å². The summed E-state index contributed by atoms with van der Waals surface area (Å²) in [5.41, 5.74) is 0.258. The number of anilines is 2. The fourth-order valence-corrected chi connectivity index (χ4v) is 8.58. The Kier molecular flexibility index (Phi) is 8.00. The Bertz CT molecular complexity index is 1860. The van der Waals surface area contributed by atoms with Crippen LogP contribution in [0.4, 0.5) is 17.3 Å². The van der Waals surface area contributed by atoms with Crippen LogP contribution < -0.4 is 15.4 Å². The van der Waals surface area contributed by atoms with Gasteiger partial charge in [0.15, 0.2) is 0 Å². The summed E-state index contributed by atoms with van der Waals surface area (Å²) in [5, 5.41) is 10.9. The maximum atomic E-state index is 13.9. The molecule has 6 rings (SSSR count). The van der Waals surface area contributed by atoms with Crippen molar-refractivity contribution in [2.45, 2.75) is 18.4 Å². The number of benzene rings is 1. The predicted octanol–water partition coefficient (Wildman–Crippen LogP) is 1.32. The number of piperazine rings is 2. The lowest BCUT2D eigenvalue weighted by atomic mass is 10.2. The summed E-state index contributed by atoms with van der Waals surface area (Å²) in [7, 11) is -4.03. The second-order valence-corrected chi connectivity index (χ2v) is 13.5. The molecule has 1 amide bonds. The normalized spacial score (nSPS) is 16.4. The van der Waals surface area contributed by atoms with Gasteiger partial charge in [-0.1, -0.05) is 0 Å². The first kappa shape index (κ1) is 29.6. The van der Waals surface area contributed by atoms with Crippen LogP contribution in [0.1, 0.15) is 4.88 Å². The Balaban J connectivity index is 1.16. The van der Waals surface area contributed by atoms with E-state index in [9.17, 15) is 28.1 Å². The van der Waals surface area contributed by atoms with Gasteiger partial charge < -0.3 is 14.7 Å². The number of carbonyl (C=O) groups excluding carboxylic acids is 1. The van der Waals surface area contributed by atoms with Gasteiger partial charge >= 0.3 is 0 Å². The molecule has 0 aliphatic carbocycles. The number of fused-ring (bicyclic) bond motifs is 1. The number of sulfonamides is 1. The molecule has 0 spiro atoms. The van der Waals surface area contributed by atoms with Gasteiger partial charge in [0.1, 0.15) is 16.3 Å². The first-order chi connectivity index (χ1) is 21.1. The predicted molar refractivity (Wildman–Crippen MR) is 164 cm³/mol. The van der Waals surface area contributed by atoms with E-state index in [1.54, 1.807) is 42.4 Å². The van der Waals surface area contributed by atoms with Crippen molar-refractivity contribution in [3.8, 4) is 0 Å². The summed E-state index contributed by atoms with van der Waals surface area (Å²) >= 11 is 1.14. The topological polar surface area (TPSA) is 168 Å². The molecule has 17 heteroatoms. The maximum absolute atomic E-state index is 13.9. The molecule has 5 heterocycles. The van der Waals surface area contributed by atoms with E-state index in [2.05, 4.69) is 15.0 Å². The molecule has 0 radical (unpaired) electrons. The van der Waals surface area contributed by atoms with E-state index in [1.165, 1.54) is 27.3 Å². The molecule has 0 unspecified atom stereocenters. The molecule has 0 saturated carbocycles. The number of rotatable bonds is 7. The van der Waals surface area contributed by atoms with E-state index >= 15 is 0 Å². The second-order valence-electron chi connectivity index (χ2n) is 10.4. The standard InChI is InChI=1S/C27H29N9O6S2/c1-19-24(44(41,42)35-15-13-33(14-16-35)27-28-7-2-8-29-27)23-25(43-19)30-18-34(26(23)38)17-22(37)32-11-9-31(10-12-32)20-3-5-21(6-4-20)36(39)40/h2-8,18H,9-17H2,1H3. The fraction of sp³-hybridized carbons (Fsp3) is 0.370. The lowest BCUT2D eigenvalue weighted by Gasteiger charge is -2.36. The van der Waals surface area contributed by atoms with E-state index in [4.69, 9.17) is 0 Å². The third kappa shape index (κ3) is 5.60. The molecule has 44 heavy (non-hydrogen) atoms. The summed E-state index contributed by atoms with van der Waals surface area (Å²) in [4.78, 5) is 56.5. The van der Waals surface area contributed by atoms with Gasteiger partial charge in [-0.05, 0) is 25.1 Å². The zero-order chi connectivity index (χ0) is 31.0. The van der Waals surface area contributed by atoms with Crippen LogP contribution in [0.2, 0.25) is 0 Å². The van der Waals surface area contributed by atoms with Gasteiger partial charge in [0.05, 0.1) is 16.6 Å². The lowest BCUT2D eigenvalue weighted by molar-refractivity contribution is -0.384. The molecular weight excluding hydrogens is 610 g/mol. The number of nitro benzene ring substituents is 1. The highest BCUT2D eigenvalue weighted by Gasteiger charge is 2.34. The quantitative estimate of drug-likeness (QED) is 0.211. The first-order valence-corrected chi connectivity index (χ1v) is 16.2. The third-order valence-electron chi connectivity index (χ3n) is 7.83. The average molecular weight is 640 g/mol. The number of carbonyl (C=O) groups is 1. The van der Waals surface area contributed by atoms with Crippen LogP contribution >= 0.6 is 11.3 Å². The van der Waals surface area contributed by atoms with Gasteiger partial charge in [-0.25, -0.2) is 23.4 Å². The Morgan fingerprint density at radius 1 is 0.955 bits per heavy atom. The van der Waals surface area contributed by atoms with Crippen LogP contribution in [0.3, 0.4) is 0 Å². The van der Waals surface area contributed by atoms with Crippen LogP contribution in [0.15, 0.2) is 58.7 Å². The lowest BCUT2D eigenvalue weighted by Crippen LogP contribution is -2.50. The molecule has 0 N–H and O–H groups in total. The van der Waals surface area contributed by atoms with E-state index < -0.39 is 20.5 Å². The highest BCUT2D eigenvalue weighted by molar-refractivity contribution is 7.89. The molecule has 3 aromatic heterocycles. The van der Waals surface area contributed by atoms with Crippen molar-refractivity contribution in [1.82, 2.24) is 28.7 Å². The number of hydrogen-bond acceptors (Lipinski definition) is 12. The number of thiophene rings is 1. The number of nitro groups is 1. The van der Waals surface area contributed by atoms with E-state index in [1.807, 2.05) is 9.80 Å². The molecular formula is C27H29N9O6S2. The number of non-ortho nitro benzene ring substituents is 1. The van der Waals surface area contributed by atoms with Crippen LogP contribution in [0, 0.1) is 17.0 Å². The molecule has 15 nitrogen and oxygen atoms in total. The summed E-state index contributed by atoms with van der Waals surface area (Å²) in [5.74, 6) is 0.249. The molecule has 2 fully saturated rings. The highest BCUT2D eigenvalue weighted by Crippen LogP contribution is 2.33. The fourth-order valence-electron chi connectivity index (χ4n) is 5.49. The number of amides is 1. The van der Waals surface area contributed by atoms with Gasteiger partial charge in [0.25, 0.3) is 11.2 Å². The van der Waals surface area contributed by atoms with Crippen molar-refractivity contribution >= 4 is 54.8 Å². The number of hydrogen-bond donors (Lipinski definition) is 0. The monoisotopic (exact) mass is 639 g/mol. The number of aryl methyl sites for hydroxylation is 1. The van der Waals surface area contributed by atoms with Crippen molar-refractivity contribution < 1.29 is 18.1 Å². The molecule has 2 aliphatic heterocycles. The first-order valence-electron chi connectivity index (χ1n) is 13.9. The maximum Gasteiger partial charge on any atom is 0.269 e. The Labute approximate surface area is 256 Å². The molecule has 2 aliphatic rings. The summed E-state index contributed by atoms with van der Waals surface area (Å²) in [6, 6.07) is 7.98. The molecule has 0 bridgehead atoms. The zero-order valence-electron chi connectivity index (χ0n) is 23.8. The number of nitrogens with zero attached hydrogens (tertiary/aromatic N) is 9. The molecule has 2 saturated heterocycles. The minimum absolute atomic E-state index is 0.000359. The highest BCUT2D eigenvalue weighted by atomic mass is 32.2. The smallest absolute Gasteiger partial charge is 0.269 e. The second kappa shape index (κ2) is 11.9. The van der Waals surface area contributed by atoms with Crippen LogP contribution in [0.25, 0.3) is 10.2 Å². The minimum atomic E-state index is -4.03. The van der Waals surface area contributed by atoms with Gasteiger partial charge in [0.2, 0.25) is 21.9 Å². The van der Waals surface area contributed by atoms with Crippen LogP contribution in [0.5, 0.6) is 0 Å². The molecule has 4 aromatic rings. The Morgan fingerprint density at radius 2 is 1.59 bits per heavy atom. The van der Waals surface area contributed by atoms with Crippen LogP contribution in [-0.4, -0.2) is 100 Å². The number of aromatic nitrogens is 4. The van der Waals surface area contributed by atoms with E-state index in [0.29, 0.717) is 54.9 Å². The largest absolute Gasteiger partial charge is 0.368 e. The molecule has 1 aromatic carbocycles. The Morgan fingerprint density at radius 3 is 2.23 bits per heavy atom. The average Bonchev–Trinajstić information content (AvgIpc) is 3.40. The van der Waals surface area contributed by atoms with E-state index in [-0.39, 0.29) is 41.5 Å². The molecule has 0 atom stereocenters. The minimum Gasteiger partial charge on any atom is -0.368 e. The van der Waals surface area contributed by atoms with Gasteiger partial charge in [-0.2, -0.15) is 4.31 Å². The van der Waals surface area contributed by atoms with Crippen molar-refractivity contribution in [2.75, 3.05) is 62.2 Å². The third-order valence-corrected chi connectivity index (χ3v) is 11.0.